The molecule has 0 unspecified atom stereocenters. The molecule has 2 aromatic carbocycles. The summed E-state index contributed by atoms with van der Waals surface area (Å²) in [6.45, 7) is 0.0165. The lowest BCUT2D eigenvalue weighted by Crippen LogP contribution is -2.34. The number of benzene rings is 2. The van der Waals surface area contributed by atoms with Crippen LogP contribution >= 0.6 is 0 Å². The van der Waals surface area contributed by atoms with Crippen molar-refractivity contribution in [1.82, 2.24) is 20.1 Å². The van der Waals surface area contributed by atoms with E-state index in [1.807, 2.05) is 18.3 Å². The van der Waals surface area contributed by atoms with E-state index < -0.39 is 23.6 Å². The Hall–Kier alpha value is -4.40. The summed E-state index contributed by atoms with van der Waals surface area (Å²) in [6, 6.07) is 12.9. The van der Waals surface area contributed by atoms with E-state index in [0.717, 1.165) is 43.0 Å². The Balaban J connectivity index is 1.49. The minimum atomic E-state index is -0.719. The van der Waals surface area contributed by atoms with E-state index >= 15 is 0 Å². The number of carbonyl (C=O) groups excluding carboxylic acids is 2. The fraction of sp³-hybridized carbons (Fsp3) is 0.241. The number of rotatable bonds is 8. The Morgan fingerprint density at radius 2 is 1.82 bits per heavy atom. The molecule has 0 fully saturated rings. The maximum atomic E-state index is 14.0. The molecule has 2 amide bonds. The molecule has 0 saturated heterocycles. The van der Waals surface area contributed by atoms with Gasteiger partial charge in [0.2, 0.25) is 11.8 Å². The third-order valence-corrected chi connectivity index (χ3v) is 6.76. The molecule has 0 bridgehead atoms. The quantitative estimate of drug-likeness (QED) is 0.365. The number of aryl methyl sites for hydroxylation is 1. The van der Waals surface area contributed by atoms with E-state index in [1.165, 1.54) is 12.1 Å². The number of nitrogens with two attached hydrogens (primary N) is 1. The van der Waals surface area contributed by atoms with Crippen molar-refractivity contribution in [3.63, 3.8) is 0 Å². The van der Waals surface area contributed by atoms with Gasteiger partial charge >= 0.3 is 0 Å². The number of aromatic nitrogens is 3. The van der Waals surface area contributed by atoms with Crippen molar-refractivity contribution in [2.45, 2.75) is 44.7 Å². The molecule has 9 heteroatoms. The van der Waals surface area contributed by atoms with Gasteiger partial charge in [-0.25, -0.2) is 8.78 Å². The standard InChI is InChI=1S/C29H27F2N5O2/c30-22-11-18(12-23(31)15-22)13-25(35-27(37)17-36-26-9-2-1-5-21(26)16-34-36)28-24(8-4-10-33-28)19-6-3-7-20(14-19)29(32)38/h3-4,6-8,10-12,14-16,25H,1-2,5,9,13,17H2,(H2,32,38)(H,35,37)/t25-/m0/s1. The number of primary amides is 1. The van der Waals surface area contributed by atoms with Crippen LogP contribution in [0.2, 0.25) is 0 Å². The van der Waals surface area contributed by atoms with Crippen LogP contribution in [0.3, 0.4) is 0 Å². The van der Waals surface area contributed by atoms with E-state index in [1.54, 1.807) is 35.1 Å². The van der Waals surface area contributed by atoms with Crippen molar-refractivity contribution in [1.29, 1.82) is 0 Å². The van der Waals surface area contributed by atoms with Gasteiger partial charge in [-0.15, -0.1) is 0 Å². The van der Waals surface area contributed by atoms with Crippen molar-refractivity contribution >= 4 is 11.8 Å². The zero-order valence-corrected chi connectivity index (χ0v) is 20.7. The largest absolute Gasteiger partial charge is 0.366 e. The van der Waals surface area contributed by atoms with Crippen LogP contribution in [0.25, 0.3) is 11.1 Å². The minimum absolute atomic E-state index is 0.0165. The van der Waals surface area contributed by atoms with Gasteiger partial charge in [-0.3, -0.25) is 19.3 Å². The average Bonchev–Trinajstić information content (AvgIpc) is 3.30. The third kappa shape index (κ3) is 5.61. The fourth-order valence-corrected chi connectivity index (χ4v) is 5.03. The summed E-state index contributed by atoms with van der Waals surface area (Å²) in [4.78, 5) is 29.6. The maximum absolute atomic E-state index is 14.0. The number of hydrogen-bond acceptors (Lipinski definition) is 4. The van der Waals surface area contributed by atoms with Crippen LogP contribution in [-0.2, 0) is 30.6 Å². The monoisotopic (exact) mass is 515 g/mol. The first-order valence-corrected chi connectivity index (χ1v) is 12.5. The van der Waals surface area contributed by atoms with Crippen LogP contribution in [0.15, 0.2) is 67.0 Å². The van der Waals surface area contributed by atoms with Crippen LogP contribution in [0.5, 0.6) is 0 Å². The van der Waals surface area contributed by atoms with Gasteiger partial charge in [-0.1, -0.05) is 18.2 Å². The highest BCUT2D eigenvalue weighted by molar-refractivity contribution is 5.94. The molecular weight excluding hydrogens is 488 g/mol. The summed E-state index contributed by atoms with van der Waals surface area (Å²) in [5, 5.41) is 7.43. The molecule has 2 heterocycles. The predicted octanol–water partition coefficient (Wildman–Crippen LogP) is 4.30. The molecular formula is C29H27F2N5O2. The van der Waals surface area contributed by atoms with E-state index in [0.29, 0.717) is 27.9 Å². The third-order valence-electron chi connectivity index (χ3n) is 6.76. The molecule has 3 N–H and O–H groups in total. The zero-order chi connectivity index (χ0) is 26.6. The summed E-state index contributed by atoms with van der Waals surface area (Å²) in [5.74, 6) is -2.28. The summed E-state index contributed by atoms with van der Waals surface area (Å²) in [5.41, 5.74) is 10.2. The van der Waals surface area contributed by atoms with Crippen LogP contribution in [-0.4, -0.2) is 26.6 Å². The summed E-state index contributed by atoms with van der Waals surface area (Å²) >= 11 is 0. The van der Waals surface area contributed by atoms with Gasteiger partial charge in [0.1, 0.15) is 18.2 Å². The van der Waals surface area contributed by atoms with Gasteiger partial charge < -0.3 is 11.1 Å². The van der Waals surface area contributed by atoms with Gasteiger partial charge in [0.25, 0.3) is 0 Å². The Labute approximate surface area is 218 Å². The van der Waals surface area contributed by atoms with Crippen molar-refractivity contribution in [2.75, 3.05) is 0 Å². The highest BCUT2D eigenvalue weighted by atomic mass is 19.1. The topological polar surface area (TPSA) is 103 Å². The molecule has 1 aliphatic rings. The number of amides is 2. The number of hydrogen-bond donors (Lipinski definition) is 2. The molecule has 4 aromatic rings. The fourth-order valence-electron chi connectivity index (χ4n) is 5.03. The lowest BCUT2D eigenvalue weighted by atomic mass is 9.94. The van der Waals surface area contributed by atoms with E-state index in [2.05, 4.69) is 15.4 Å². The minimum Gasteiger partial charge on any atom is -0.366 e. The molecule has 38 heavy (non-hydrogen) atoms. The van der Waals surface area contributed by atoms with Gasteiger partial charge in [0.15, 0.2) is 0 Å². The molecule has 1 atom stereocenters. The molecule has 2 aromatic heterocycles. The number of nitrogens with zero attached hydrogens (tertiary/aromatic N) is 3. The Morgan fingerprint density at radius 1 is 1.03 bits per heavy atom. The SMILES string of the molecule is NC(=O)c1cccc(-c2cccnc2[C@H](Cc2cc(F)cc(F)c2)NC(=O)Cn2ncc3c2CCCC3)c1. The van der Waals surface area contributed by atoms with Crippen LogP contribution in [0, 0.1) is 11.6 Å². The van der Waals surface area contributed by atoms with Crippen molar-refractivity contribution < 1.29 is 18.4 Å². The van der Waals surface area contributed by atoms with Gasteiger partial charge in [-0.2, -0.15) is 5.10 Å². The molecule has 7 nitrogen and oxygen atoms in total. The predicted molar refractivity (Wildman–Crippen MR) is 138 cm³/mol. The first-order chi connectivity index (χ1) is 18.4. The molecule has 0 aliphatic heterocycles. The first-order valence-electron chi connectivity index (χ1n) is 12.5. The maximum Gasteiger partial charge on any atom is 0.248 e. The number of nitrogens with one attached hydrogen (secondary N) is 1. The highest BCUT2D eigenvalue weighted by Crippen LogP contribution is 2.30. The summed E-state index contributed by atoms with van der Waals surface area (Å²) in [6.07, 6.45) is 7.48. The van der Waals surface area contributed by atoms with E-state index in [-0.39, 0.29) is 18.9 Å². The summed E-state index contributed by atoms with van der Waals surface area (Å²) in [7, 11) is 0. The van der Waals surface area contributed by atoms with Crippen LogP contribution in [0.1, 0.15) is 51.8 Å². The lowest BCUT2D eigenvalue weighted by Gasteiger charge is -2.22. The Kier molecular flexibility index (Phi) is 7.26. The smallest absolute Gasteiger partial charge is 0.248 e. The number of carbonyl (C=O) groups is 2. The van der Waals surface area contributed by atoms with Crippen molar-refractivity contribution in [3.8, 4) is 11.1 Å². The second kappa shape index (κ2) is 10.9. The molecule has 5 rings (SSSR count). The first kappa shape index (κ1) is 25.3. The molecule has 194 valence electrons. The highest BCUT2D eigenvalue weighted by Gasteiger charge is 2.23. The van der Waals surface area contributed by atoms with Gasteiger partial charge in [-0.05, 0) is 79.1 Å². The normalized spacial score (nSPS) is 13.5. The zero-order valence-electron chi connectivity index (χ0n) is 20.7. The van der Waals surface area contributed by atoms with Crippen molar-refractivity contribution in [2.24, 2.45) is 5.73 Å². The summed E-state index contributed by atoms with van der Waals surface area (Å²) < 4.78 is 29.8. The van der Waals surface area contributed by atoms with Crippen LogP contribution in [0.4, 0.5) is 8.78 Å². The number of halogens is 2. The molecule has 0 radical (unpaired) electrons. The van der Waals surface area contributed by atoms with Crippen LogP contribution < -0.4 is 11.1 Å². The second-order valence-electron chi connectivity index (χ2n) is 9.46. The number of fused-ring (bicyclic) bond motifs is 1. The van der Waals surface area contributed by atoms with E-state index in [4.69, 9.17) is 5.73 Å². The number of pyridine rings is 1. The van der Waals surface area contributed by atoms with Gasteiger partial charge in [0.05, 0.1) is 17.9 Å². The second-order valence-corrected chi connectivity index (χ2v) is 9.46. The van der Waals surface area contributed by atoms with Crippen molar-refractivity contribution in [3.05, 3.63) is 107 Å². The van der Waals surface area contributed by atoms with E-state index in [9.17, 15) is 18.4 Å². The molecule has 1 aliphatic carbocycles. The molecule has 0 saturated carbocycles. The average molecular weight is 516 g/mol. The Bertz CT molecular complexity index is 1480. The molecule has 0 spiro atoms. The Morgan fingerprint density at radius 3 is 2.61 bits per heavy atom. The lowest BCUT2D eigenvalue weighted by molar-refractivity contribution is -0.122. The van der Waals surface area contributed by atoms with Gasteiger partial charge in [0, 0.05) is 29.1 Å².